The molecule has 4 heterocycles. The zero-order valence-corrected chi connectivity index (χ0v) is 18.2. The summed E-state index contributed by atoms with van der Waals surface area (Å²) >= 11 is 2.97. The number of fused-ring (bicyclic) bond motifs is 1. The van der Waals surface area contributed by atoms with Crippen molar-refractivity contribution in [2.24, 2.45) is 0 Å². The van der Waals surface area contributed by atoms with E-state index in [4.69, 9.17) is 14.1 Å². The minimum atomic E-state index is -0.170. The Morgan fingerprint density at radius 3 is 2.70 bits per heavy atom. The van der Waals surface area contributed by atoms with Crippen LogP contribution < -0.4 is 10.2 Å². The maximum absolute atomic E-state index is 12.9. The van der Waals surface area contributed by atoms with Gasteiger partial charge in [0.2, 0.25) is 0 Å². The molecule has 5 rings (SSSR count). The number of hydrogen-bond donors (Lipinski definition) is 1. The van der Waals surface area contributed by atoms with E-state index in [2.05, 4.69) is 15.2 Å². The third kappa shape index (κ3) is 3.71. The average molecular weight is 441 g/mol. The van der Waals surface area contributed by atoms with Crippen LogP contribution >= 0.6 is 22.7 Å². The number of amides is 1. The molecule has 1 aliphatic heterocycles. The van der Waals surface area contributed by atoms with E-state index in [0.717, 1.165) is 53.1 Å². The molecule has 1 aliphatic rings. The molecule has 30 heavy (non-hydrogen) atoms. The second kappa shape index (κ2) is 7.82. The fraction of sp³-hybridized carbons (Fsp3) is 0.286. The number of aromatic nitrogens is 2. The van der Waals surface area contributed by atoms with Crippen molar-refractivity contribution in [3.8, 4) is 10.8 Å². The summed E-state index contributed by atoms with van der Waals surface area (Å²) in [5.74, 6) is 1.33. The zero-order valence-electron chi connectivity index (χ0n) is 16.6. The number of nitrogens with zero attached hydrogens (tertiary/aromatic N) is 3. The Bertz CT molecular complexity index is 1220. The number of morpholine rings is 1. The molecule has 7 nitrogen and oxygen atoms in total. The van der Waals surface area contributed by atoms with E-state index in [0.29, 0.717) is 21.3 Å². The Morgan fingerprint density at radius 1 is 1.10 bits per heavy atom. The number of rotatable bonds is 4. The molecule has 0 aliphatic carbocycles. The molecule has 1 fully saturated rings. The highest BCUT2D eigenvalue weighted by Gasteiger charge is 2.19. The quantitative estimate of drug-likeness (QED) is 0.495. The lowest BCUT2D eigenvalue weighted by Crippen LogP contribution is -2.36. The van der Waals surface area contributed by atoms with Gasteiger partial charge in [0, 0.05) is 18.8 Å². The van der Waals surface area contributed by atoms with Crippen molar-refractivity contribution >= 4 is 49.6 Å². The molecule has 3 aromatic heterocycles. The highest BCUT2D eigenvalue weighted by Crippen LogP contribution is 2.32. The lowest BCUT2D eigenvalue weighted by molar-refractivity contribution is 0.103. The number of ether oxygens (including phenoxy) is 1. The fourth-order valence-corrected chi connectivity index (χ4v) is 5.31. The number of nitrogens with one attached hydrogen (secondary N) is 1. The predicted molar refractivity (Wildman–Crippen MR) is 120 cm³/mol. The van der Waals surface area contributed by atoms with Crippen molar-refractivity contribution in [3.63, 3.8) is 0 Å². The van der Waals surface area contributed by atoms with E-state index in [1.165, 1.54) is 11.3 Å². The maximum Gasteiger partial charge on any atom is 0.267 e. The van der Waals surface area contributed by atoms with E-state index in [-0.39, 0.29) is 5.91 Å². The summed E-state index contributed by atoms with van der Waals surface area (Å²) in [5, 5.41) is 4.70. The van der Waals surface area contributed by atoms with Gasteiger partial charge in [0.15, 0.2) is 15.9 Å². The van der Waals surface area contributed by atoms with Gasteiger partial charge in [0.1, 0.15) is 10.6 Å². The number of carbonyl (C=O) groups excluding carboxylic acids is 1. The zero-order chi connectivity index (χ0) is 20.7. The van der Waals surface area contributed by atoms with Gasteiger partial charge in [-0.1, -0.05) is 11.3 Å². The maximum atomic E-state index is 12.9. The summed E-state index contributed by atoms with van der Waals surface area (Å²) in [6.45, 7) is 6.89. The highest BCUT2D eigenvalue weighted by atomic mass is 32.1. The van der Waals surface area contributed by atoms with Crippen LogP contribution in [0.2, 0.25) is 0 Å². The molecule has 1 saturated heterocycles. The molecule has 4 aromatic rings. The lowest BCUT2D eigenvalue weighted by atomic mass is 10.3. The normalized spacial score (nSPS) is 14.4. The molecule has 0 spiro atoms. The van der Waals surface area contributed by atoms with E-state index in [9.17, 15) is 4.79 Å². The van der Waals surface area contributed by atoms with Gasteiger partial charge in [-0.05, 0) is 44.2 Å². The van der Waals surface area contributed by atoms with Crippen LogP contribution in [-0.4, -0.2) is 42.2 Å². The molecule has 1 amide bonds. The molecule has 1 aromatic carbocycles. The molecule has 0 radical (unpaired) electrons. The van der Waals surface area contributed by atoms with E-state index >= 15 is 0 Å². The van der Waals surface area contributed by atoms with Gasteiger partial charge in [-0.15, -0.1) is 11.3 Å². The van der Waals surface area contributed by atoms with E-state index in [1.807, 2.05) is 44.2 Å². The molecule has 0 unspecified atom stereocenters. The number of thiazole rings is 2. The largest absolute Gasteiger partial charge is 0.459 e. The SMILES string of the molecule is Cc1ccc(-c2nc(C)c(C(=O)Nc3ccc4nc(N5CCOCC5)sc4c3)s2)o1. The summed E-state index contributed by atoms with van der Waals surface area (Å²) in [5.41, 5.74) is 2.37. The summed E-state index contributed by atoms with van der Waals surface area (Å²) in [7, 11) is 0. The Balaban J connectivity index is 1.36. The van der Waals surface area contributed by atoms with Crippen molar-refractivity contribution in [1.82, 2.24) is 9.97 Å². The molecule has 1 N–H and O–H groups in total. The van der Waals surface area contributed by atoms with Crippen LogP contribution in [-0.2, 0) is 4.74 Å². The van der Waals surface area contributed by atoms with Crippen molar-refractivity contribution in [2.75, 3.05) is 36.5 Å². The summed E-state index contributed by atoms with van der Waals surface area (Å²) in [6.07, 6.45) is 0. The summed E-state index contributed by atoms with van der Waals surface area (Å²) in [6, 6.07) is 9.57. The summed E-state index contributed by atoms with van der Waals surface area (Å²) < 4.78 is 12.1. The van der Waals surface area contributed by atoms with Gasteiger partial charge >= 0.3 is 0 Å². The Morgan fingerprint density at radius 2 is 1.93 bits per heavy atom. The number of anilines is 2. The average Bonchev–Trinajstić information content (AvgIpc) is 3.46. The molecule has 0 saturated carbocycles. The number of furan rings is 1. The van der Waals surface area contributed by atoms with Crippen LogP contribution in [0.3, 0.4) is 0 Å². The number of benzene rings is 1. The molecular formula is C21H20N4O3S2. The third-order valence-corrected chi connectivity index (χ3v) is 7.12. The minimum absolute atomic E-state index is 0.170. The molecular weight excluding hydrogens is 420 g/mol. The Labute approximate surface area is 181 Å². The molecule has 0 atom stereocenters. The van der Waals surface area contributed by atoms with Crippen molar-refractivity contribution < 1.29 is 13.9 Å². The fourth-order valence-electron chi connectivity index (χ4n) is 3.33. The Hall–Kier alpha value is -2.75. The van der Waals surface area contributed by atoms with Crippen LogP contribution in [0.4, 0.5) is 10.8 Å². The monoisotopic (exact) mass is 440 g/mol. The minimum Gasteiger partial charge on any atom is -0.459 e. The Kier molecular flexibility index (Phi) is 5.01. The molecule has 154 valence electrons. The first-order valence-electron chi connectivity index (χ1n) is 9.66. The van der Waals surface area contributed by atoms with Gasteiger partial charge in [0.05, 0.1) is 29.1 Å². The topological polar surface area (TPSA) is 80.5 Å². The van der Waals surface area contributed by atoms with E-state index in [1.54, 1.807) is 11.3 Å². The van der Waals surface area contributed by atoms with E-state index < -0.39 is 0 Å². The van der Waals surface area contributed by atoms with Crippen molar-refractivity contribution in [1.29, 1.82) is 0 Å². The van der Waals surface area contributed by atoms with Crippen molar-refractivity contribution in [2.45, 2.75) is 13.8 Å². The standard InChI is InChI=1S/C21H20N4O3S2/c1-12-3-6-16(28-12)20-22-13(2)18(30-20)19(26)23-14-4-5-15-17(11-14)29-21(24-15)25-7-9-27-10-8-25/h3-6,11H,7-10H2,1-2H3,(H,23,26). The van der Waals surface area contributed by atoms with Crippen LogP contribution in [0.15, 0.2) is 34.7 Å². The first-order chi connectivity index (χ1) is 14.6. The van der Waals surface area contributed by atoms with Gasteiger partial charge in [-0.25, -0.2) is 9.97 Å². The first kappa shape index (κ1) is 19.2. The number of aryl methyl sites for hydroxylation is 2. The second-order valence-electron chi connectivity index (χ2n) is 7.08. The van der Waals surface area contributed by atoms with Gasteiger partial charge < -0.3 is 19.4 Å². The lowest BCUT2D eigenvalue weighted by Gasteiger charge is -2.25. The second-order valence-corrected chi connectivity index (χ2v) is 9.08. The predicted octanol–water partition coefficient (Wildman–Crippen LogP) is 4.72. The van der Waals surface area contributed by atoms with Gasteiger partial charge in [-0.2, -0.15) is 0 Å². The van der Waals surface area contributed by atoms with Crippen LogP contribution in [0.5, 0.6) is 0 Å². The third-order valence-electron chi connectivity index (χ3n) is 4.87. The molecule has 9 heteroatoms. The van der Waals surface area contributed by atoms with Crippen LogP contribution in [0.1, 0.15) is 21.1 Å². The van der Waals surface area contributed by atoms with Gasteiger partial charge in [-0.3, -0.25) is 4.79 Å². The van der Waals surface area contributed by atoms with Crippen molar-refractivity contribution in [3.05, 3.63) is 46.7 Å². The highest BCUT2D eigenvalue weighted by molar-refractivity contribution is 7.22. The number of hydrogen-bond acceptors (Lipinski definition) is 8. The van der Waals surface area contributed by atoms with Crippen LogP contribution in [0, 0.1) is 13.8 Å². The van der Waals surface area contributed by atoms with Crippen LogP contribution in [0.25, 0.3) is 21.0 Å². The summed E-state index contributed by atoms with van der Waals surface area (Å²) in [4.78, 5) is 24.9. The number of carbonyl (C=O) groups is 1. The smallest absolute Gasteiger partial charge is 0.267 e. The first-order valence-corrected chi connectivity index (χ1v) is 11.3. The molecule has 0 bridgehead atoms. The van der Waals surface area contributed by atoms with Gasteiger partial charge in [0.25, 0.3) is 5.91 Å².